The Bertz CT molecular complexity index is 438. The molecule has 1 aromatic rings. The molecular weight excluding hydrogens is 242 g/mol. The number of amides is 1. The van der Waals surface area contributed by atoms with Crippen molar-refractivity contribution < 1.29 is 14.6 Å². The van der Waals surface area contributed by atoms with Crippen LogP contribution in [-0.4, -0.2) is 41.7 Å². The lowest BCUT2D eigenvalue weighted by atomic mass is 9.82. The molecule has 104 valence electrons. The summed E-state index contributed by atoms with van der Waals surface area (Å²) in [5, 5.41) is 10.2. The zero-order valence-electron chi connectivity index (χ0n) is 11.7. The minimum atomic E-state index is -0.745. The number of aliphatic hydroxyl groups is 1. The zero-order chi connectivity index (χ0) is 14.0. The normalized spacial score (nSPS) is 19.1. The molecule has 0 radical (unpaired) electrons. The highest BCUT2D eigenvalue weighted by Gasteiger charge is 2.47. The van der Waals surface area contributed by atoms with Crippen molar-refractivity contribution >= 4 is 5.91 Å². The van der Waals surface area contributed by atoms with Crippen LogP contribution in [0.15, 0.2) is 30.3 Å². The Balaban J connectivity index is 2.04. The van der Waals surface area contributed by atoms with Gasteiger partial charge < -0.3 is 14.7 Å². The van der Waals surface area contributed by atoms with Gasteiger partial charge in [-0.1, -0.05) is 44.2 Å². The van der Waals surface area contributed by atoms with E-state index in [-0.39, 0.29) is 11.8 Å². The SMILES string of the molecule is COC(C(=O)N1CC(O)(C(C)C)C1)c1ccccc1. The molecule has 1 saturated heterocycles. The molecule has 1 N–H and O–H groups in total. The fourth-order valence-electron chi connectivity index (χ4n) is 2.31. The Morgan fingerprint density at radius 2 is 1.89 bits per heavy atom. The van der Waals surface area contributed by atoms with Gasteiger partial charge in [-0.2, -0.15) is 0 Å². The van der Waals surface area contributed by atoms with Crippen molar-refractivity contribution in [3.05, 3.63) is 35.9 Å². The maximum Gasteiger partial charge on any atom is 0.256 e. The zero-order valence-corrected chi connectivity index (χ0v) is 11.7. The first-order chi connectivity index (χ1) is 8.98. The molecule has 1 fully saturated rings. The summed E-state index contributed by atoms with van der Waals surface area (Å²) in [6, 6.07) is 9.42. The number of likely N-dealkylation sites (tertiary alicyclic amines) is 1. The summed E-state index contributed by atoms with van der Waals surface area (Å²) >= 11 is 0. The number of β-amino-alcohol motifs (C(OH)–C–C–N with tert-alkyl or cyclic N) is 1. The standard InChI is InChI=1S/C15H21NO3/c1-11(2)15(18)9-16(10-15)14(17)13(19-3)12-7-5-4-6-8-12/h4-8,11,13,18H,9-10H2,1-3H3. The number of rotatable bonds is 4. The Kier molecular flexibility index (Phi) is 3.92. The summed E-state index contributed by atoms with van der Waals surface area (Å²) in [6.07, 6.45) is -0.585. The molecule has 0 aliphatic carbocycles. The van der Waals surface area contributed by atoms with E-state index in [9.17, 15) is 9.90 Å². The number of ether oxygens (including phenoxy) is 1. The molecule has 4 nitrogen and oxygen atoms in total. The second-order valence-electron chi connectivity index (χ2n) is 5.48. The third-order valence-corrected chi connectivity index (χ3v) is 3.88. The van der Waals surface area contributed by atoms with Crippen molar-refractivity contribution in [2.75, 3.05) is 20.2 Å². The average molecular weight is 263 g/mol. The van der Waals surface area contributed by atoms with Gasteiger partial charge >= 0.3 is 0 Å². The first-order valence-electron chi connectivity index (χ1n) is 6.57. The lowest BCUT2D eigenvalue weighted by Crippen LogP contribution is -2.66. The van der Waals surface area contributed by atoms with Crippen molar-refractivity contribution in [2.24, 2.45) is 5.92 Å². The third-order valence-electron chi connectivity index (χ3n) is 3.88. The summed E-state index contributed by atoms with van der Waals surface area (Å²) in [7, 11) is 1.53. The van der Waals surface area contributed by atoms with E-state index >= 15 is 0 Å². The van der Waals surface area contributed by atoms with E-state index in [1.165, 1.54) is 7.11 Å². The third kappa shape index (κ3) is 2.65. The van der Waals surface area contributed by atoms with Crippen LogP contribution in [0.2, 0.25) is 0 Å². The van der Waals surface area contributed by atoms with Gasteiger partial charge in [0, 0.05) is 7.11 Å². The number of nitrogens with zero attached hydrogens (tertiary/aromatic N) is 1. The van der Waals surface area contributed by atoms with E-state index in [0.717, 1.165) is 5.56 Å². The minimum absolute atomic E-state index is 0.0842. The van der Waals surface area contributed by atoms with Crippen LogP contribution < -0.4 is 0 Å². The largest absolute Gasteiger partial charge is 0.386 e. The minimum Gasteiger partial charge on any atom is -0.386 e. The lowest BCUT2D eigenvalue weighted by molar-refractivity contribution is -0.173. The Hall–Kier alpha value is -1.39. The molecule has 1 aliphatic rings. The van der Waals surface area contributed by atoms with Gasteiger partial charge in [-0.05, 0) is 11.5 Å². The van der Waals surface area contributed by atoms with Crippen LogP contribution >= 0.6 is 0 Å². The highest BCUT2D eigenvalue weighted by molar-refractivity contribution is 5.83. The van der Waals surface area contributed by atoms with E-state index in [1.807, 2.05) is 44.2 Å². The van der Waals surface area contributed by atoms with Crippen molar-refractivity contribution in [3.8, 4) is 0 Å². The van der Waals surface area contributed by atoms with Gasteiger partial charge in [-0.25, -0.2) is 0 Å². The number of hydrogen-bond acceptors (Lipinski definition) is 3. The van der Waals surface area contributed by atoms with E-state index in [2.05, 4.69) is 0 Å². The van der Waals surface area contributed by atoms with Crippen LogP contribution in [0.1, 0.15) is 25.5 Å². The summed E-state index contributed by atoms with van der Waals surface area (Å²) in [5.74, 6) is 0.0632. The highest BCUT2D eigenvalue weighted by atomic mass is 16.5. The predicted molar refractivity (Wildman–Crippen MR) is 72.6 cm³/mol. The molecule has 1 atom stereocenters. The van der Waals surface area contributed by atoms with Crippen molar-refractivity contribution in [3.63, 3.8) is 0 Å². The first-order valence-corrected chi connectivity index (χ1v) is 6.57. The highest BCUT2D eigenvalue weighted by Crippen LogP contribution is 2.31. The Labute approximate surface area is 114 Å². The van der Waals surface area contributed by atoms with Gasteiger partial charge in [0.1, 0.15) is 5.60 Å². The van der Waals surface area contributed by atoms with Crippen LogP contribution in [0, 0.1) is 5.92 Å². The molecule has 4 heteroatoms. The van der Waals surface area contributed by atoms with Crippen LogP contribution in [-0.2, 0) is 9.53 Å². The molecular formula is C15H21NO3. The van der Waals surface area contributed by atoms with Crippen LogP contribution in [0.5, 0.6) is 0 Å². The monoisotopic (exact) mass is 263 g/mol. The molecule has 0 saturated carbocycles. The van der Waals surface area contributed by atoms with Crippen LogP contribution in [0.4, 0.5) is 0 Å². The van der Waals surface area contributed by atoms with E-state index in [0.29, 0.717) is 13.1 Å². The Morgan fingerprint density at radius 1 is 1.32 bits per heavy atom. The van der Waals surface area contributed by atoms with Gasteiger partial charge in [-0.15, -0.1) is 0 Å². The molecule has 1 unspecified atom stereocenters. The molecule has 1 aromatic carbocycles. The van der Waals surface area contributed by atoms with Gasteiger partial charge in [0.2, 0.25) is 0 Å². The van der Waals surface area contributed by atoms with Gasteiger partial charge in [-0.3, -0.25) is 4.79 Å². The summed E-state index contributed by atoms with van der Waals surface area (Å²) in [6.45, 7) is 4.70. The van der Waals surface area contributed by atoms with Crippen LogP contribution in [0.25, 0.3) is 0 Å². The average Bonchev–Trinajstić information content (AvgIpc) is 2.36. The van der Waals surface area contributed by atoms with E-state index in [4.69, 9.17) is 4.74 Å². The number of hydrogen-bond donors (Lipinski definition) is 1. The molecule has 0 aromatic heterocycles. The lowest BCUT2D eigenvalue weighted by Gasteiger charge is -2.49. The second-order valence-corrected chi connectivity index (χ2v) is 5.48. The Morgan fingerprint density at radius 3 is 2.37 bits per heavy atom. The van der Waals surface area contributed by atoms with Gasteiger partial charge in [0.05, 0.1) is 13.1 Å². The number of methoxy groups -OCH3 is 1. The summed E-state index contributed by atoms with van der Waals surface area (Å²) in [4.78, 5) is 14.0. The topological polar surface area (TPSA) is 49.8 Å². The molecule has 0 bridgehead atoms. The maximum absolute atomic E-state index is 12.4. The predicted octanol–water partition coefficient (Wildman–Crippen LogP) is 1.60. The molecule has 2 rings (SSSR count). The molecule has 0 spiro atoms. The number of carbonyl (C=O) groups excluding carboxylic acids is 1. The van der Waals surface area contributed by atoms with Gasteiger partial charge in [0.25, 0.3) is 5.91 Å². The molecule has 1 aliphatic heterocycles. The number of benzene rings is 1. The fourth-order valence-corrected chi connectivity index (χ4v) is 2.31. The van der Waals surface area contributed by atoms with Crippen molar-refractivity contribution in [2.45, 2.75) is 25.6 Å². The quantitative estimate of drug-likeness (QED) is 0.897. The second kappa shape index (κ2) is 5.31. The van der Waals surface area contributed by atoms with Gasteiger partial charge in [0.15, 0.2) is 6.10 Å². The van der Waals surface area contributed by atoms with E-state index in [1.54, 1.807) is 4.90 Å². The number of carbonyl (C=O) groups is 1. The fraction of sp³-hybridized carbons (Fsp3) is 0.533. The smallest absolute Gasteiger partial charge is 0.256 e. The van der Waals surface area contributed by atoms with Crippen molar-refractivity contribution in [1.29, 1.82) is 0 Å². The first kappa shape index (κ1) is 14.0. The van der Waals surface area contributed by atoms with Crippen LogP contribution in [0.3, 0.4) is 0 Å². The van der Waals surface area contributed by atoms with Crippen molar-refractivity contribution in [1.82, 2.24) is 4.90 Å². The maximum atomic E-state index is 12.4. The molecule has 19 heavy (non-hydrogen) atoms. The van der Waals surface area contributed by atoms with E-state index < -0.39 is 11.7 Å². The molecule has 1 heterocycles. The summed E-state index contributed by atoms with van der Waals surface area (Å²) in [5.41, 5.74) is 0.0972. The molecule has 1 amide bonds. The summed E-state index contributed by atoms with van der Waals surface area (Å²) < 4.78 is 5.31.